The predicted molar refractivity (Wildman–Crippen MR) is 121 cm³/mol. The van der Waals surface area contributed by atoms with Crippen molar-refractivity contribution in [1.29, 1.82) is 0 Å². The number of halogens is 1. The van der Waals surface area contributed by atoms with E-state index in [9.17, 15) is 9.59 Å². The number of carbonyl (C=O) groups is 1. The molecule has 5 rings (SSSR count). The van der Waals surface area contributed by atoms with Crippen molar-refractivity contribution in [2.45, 2.75) is 25.5 Å². The molecule has 0 spiro atoms. The highest BCUT2D eigenvalue weighted by atomic mass is 35.5. The lowest BCUT2D eigenvalue weighted by Crippen LogP contribution is -2.35. The third-order valence-corrected chi connectivity index (χ3v) is 5.80. The van der Waals surface area contributed by atoms with Gasteiger partial charge in [-0.15, -0.1) is 0 Å². The number of H-pyrrole nitrogens is 1. The summed E-state index contributed by atoms with van der Waals surface area (Å²) in [6.07, 6.45) is 5.58. The van der Waals surface area contributed by atoms with Crippen LogP contribution >= 0.6 is 11.6 Å². The smallest absolute Gasteiger partial charge is 0.326 e. The lowest BCUT2D eigenvalue weighted by Gasteiger charge is -2.12. The molecule has 0 aliphatic carbocycles. The molecular formula is C23H20ClN5O3. The Morgan fingerprint density at radius 1 is 1.22 bits per heavy atom. The summed E-state index contributed by atoms with van der Waals surface area (Å²) in [6.45, 7) is 0.658. The van der Waals surface area contributed by atoms with E-state index in [0.717, 1.165) is 27.7 Å². The first-order valence-corrected chi connectivity index (χ1v) is 10.6. The molecule has 0 radical (unpaired) electrons. The highest BCUT2D eigenvalue weighted by Crippen LogP contribution is 2.39. The van der Waals surface area contributed by atoms with E-state index < -0.39 is 0 Å². The SMILES string of the molecule is O=C(CCn1c(=O)[nH]c2ccccc21)NCC1Cc2cc(-c3cncnc3)cc(Cl)c2O1. The average Bonchev–Trinajstić information content (AvgIpc) is 3.37. The number of hydrogen-bond acceptors (Lipinski definition) is 5. The number of nitrogens with one attached hydrogen (secondary N) is 2. The zero-order valence-corrected chi connectivity index (χ0v) is 17.8. The maximum Gasteiger partial charge on any atom is 0.326 e. The van der Waals surface area contributed by atoms with Crippen LogP contribution in [0.2, 0.25) is 5.02 Å². The van der Waals surface area contributed by atoms with Crippen LogP contribution in [0.15, 0.2) is 59.9 Å². The van der Waals surface area contributed by atoms with Gasteiger partial charge in [-0.25, -0.2) is 14.8 Å². The standard InChI is InChI=1S/C23H20ClN5O3/c24-18-9-14(16-10-25-13-26-11-16)7-15-8-17(32-22(15)18)12-27-21(30)5-6-29-20-4-2-1-3-19(20)28-23(29)31/h1-4,7,9-11,13,17H,5-6,8,12H2,(H,27,30)(H,28,31). The second-order valence-corrected chi connectivity index (χ2v) is 8.08. The third kappa shape index (κ3) is 3.97. The topological polar surface area (TPSA) is 102 Å². The molecule has 0 bridgehead atoms. The fraction of sp³-hybridized carbons (Fsp3) is 0.217. The number of benzene rings is 2. The highest BCUT2D eigenvalue weighted by Gasteiger charge is 2.26. The Labute approximate surface area is 188 Å². The van der Waals surface area contributed by atoms with Crippen LogP contribution in [0.5, 0.6) is 5.75 Å². The van der Waals surface area contributed by atoms with Crippen molar-refractivity contribution in [3.8, 4) is 16.9 Å². The van der Waals surface area contributed by atoms with Gasteiger partial charge in [0.15, 0.2) is 0 Å². The summed E-state index contributed by atoms with van der Waals surface area (Å²) in [5, 5.41) is 3.42. The Bertz CT molecular complexity index is 1350. The maximum atomic E-state index is 12.4. The molecule has 2 N–H and O–H groups in total. The molecule has 1 aliphatic heterocycles. The Kier molecular flexibility index (Phi) is 5.36. The summed E-state index contributed by atoms with van der Waals surface area (Å²) in [5.74, 6) is 0.506. The first-order valence-electron chi connectivity index (χ1n) is 10.3. The largest absolute Gasteiger partial charge is 0.486 e. The number of hydrogen-bond donors (Lipinski definition) is 2. The number of carbonyl (C=O) groups excluding carboxylic acids is 1. The van der Waals surface area contributed by atoms with Gasteiger partial charge in [0.1, 0.15) is 18.2 Å². The van der Waals surface area contributed by atoms with Gasteiger partial charge in [0.05, 0.1) is 22.6 Å². The molecule has 0 saturated heterocycles. The minimum atomic E-state index is -0.220. The summed E-state index contributed by atoms with van der Waals surface area (Å²) in [5.41, 5.74) is 4.11. The Balaban J connectivity index is 1.19. The van der Waals surface area contributed by atoms with Crippen LogP contribution in [0.25, 0.3) is 22.2 Å². The molecule has 2 aromatic carbocycles. The van der Waals surface area contributed by atoms with E-state index in [4.69, 9.17) is 16.3 Å². The number of nitrogens with zero attached hydrogens (tertiary/aromatic N) is 3. The lowest BCUT2D eigenvalue weighted by atomic mass is 10.0. The van der Waals surface area contributed by atoms with Crippen molar-refractivity contribution in [2.24, 2.45) is 0 Å². The van der Waals surface area contributed by atoms with Gasteiger partial charge in [-0.2, -0.15) is 0 Å². The molecule has 1 unspecified atom stereocenters. The number of imidazole rings is 1. The predicted octanol–water partition coefficient (Wildman–Crippen LogP) is 2.95. The number of para-hydroxylation sites is 2. The molecule has 2 aromatic heterocycles. The fourth-order valence-electron chi connectivity index (χ4n) is 3.97. The average molecular weight is 450 g/mol. The quantitative estimate of drug-likeness (QED) is 0.471. The summed E-state index contributed by atoms with van der Waals surface area (Å²) >= 11 is 6.43. The van der Waals surface area contributed by atoms with Crippen molar-refractivity contribution in [1.82, 2.24) is 24.8 Å². The third-order valence-electron chi connectivity index (χ3n) is 5.52. The number of rotatable bonds is 6. The summed E-state index contributed by atoms with van der Waals surface area (Å²) in [7, 11) is 0. The second-order valence-electron chi connectivity index (χ2n) is 7.67. The summed E-state index contributed by atoms with van der Waals surface area (Å²) < 4.78 is 7.54. The van der Waals surface area contributed by atoms with Gasteiger partial charge in [-0.1, -0.05) is 23.7 Å². The molecule has 9 heteroatoms. The van der Waals surface area contributed by atoms with Crippen LogP contribution in [0, 0.1) is 0 Å². The van der Waals surface area contributed by atoms with Crippen molar-refractivity contribution >= 4 is 28.5 Å². The van der Waals surface area contributed by atoms with Crippen LogP contribution in [-0.2, 0) is 17.8 Å². The summed E-state index contributed by atoms with van der Waals surface area (Å²) in [4.78, 5) is 35.4. The number of aromatic amines is 1. The zero-order valence-electron chi connectivity index (χ0n) is 17.0. The van der Waals surface area contributed by atoms with Crippen molar-refractivity contribution in [2.75, 3.05) is 6.54 Å². The second kappa shape index (κ2) is 8.47. The molecular weight excluding hydrogens is 430 g/mol. The molecule has 3 heterocycles. The molecule has 1 amide bonds. The molecule has 32 heavy (non-hydrogen) atoms. The lowest BCUT2D eigenvalue weighted by molar-refractivity contribution is -0.121. The Morgan fingerprint density at radius 3 is 2.88 bits per heavy atom. The van der Waals surface area contributed by atoms with Gasteiger partial charge in [-0.3, -0.25) is 9.36 Å². The minimum absolute atomic E-state index is 0.144. The van der Waals surface area contributed by atoms with E-state index in [-0.39, 0.29) is 24.1 Å². The molecule has 8 nitrogen and oxygen atoms in total. The Hall–Kier alpha value is -3.65. The van der Waals surface area contributed by atoms with E-state index in [1.165, 1.54) is 6.33 Å². The number of aryl methyl sites for hydroxylation is 1. The van der Waals surface area contributed by atoms with Crippen LogP contribution in [0.1, 0.15) is 12.0 Å². The van der Waals surface area contributed by atoms with Gasteiger partial charge in [0, 0.05) is 42.9 Å². The molecule has 0 saturated carbocycles. The molecule has 0 fully saturated rings. The van der Waals surface area contributed by atoms with E-state index in [1.807, 2.05) is 36.4 Å². The van der Waals surface area contributed by atoms with Gasteiger partial charge in [0.25, 0.3) is 0 Å². The van der Waals surface area contributed by atoms with Gasteiger partial charge >= 0.3 is 5.69 Å². The van der Waals surface area contributed by atoms with E-state index in [2.05, 4.69) is 20.3 Å². The van der Waals surface area contributed by atoms with E-state index in [1.54, 1.807) is 17.0 Å². The van der Waals surface area contributed by atoms with Gasteiger partial charge in [-0.05, 0) is 29.8 Å². The molecule has 4 aromatic rings. The Morgan fingerprint density at radius 2 is 2.03 bits per heavy atom. The summed E-state index contributed by atoms with van der Waals surface area (Å²) in [6, 6.07) is 11.3. The molecule has 1 aliphatic rings. The van der Waals surface area contributed by atoms with Gasteiger partial charge in [0.2, 0.25) is 5.91 Å². The van der Waals surface area contributed by atoms with Crippen LogP contribution in [0.3, 0.4) is 0 Å². The molecule has 162 valence electrons. The highest BCUT2D eigenvalue weighted by molar-refractivity contribution is 6.32. The number of fused-ring (bicyclic) bond motifs is 2. The normalized spacial score (nSPS) is 14.8. The monoisotopic (exact) mass is 449 g/mol. The zero-order chi connectivity index (χ0) is 22.1. The first-order chi connectivity index (χ1) is 15.6. The number of aromatic nitrogens is 4. The van der Waals surface area contributed by atoms with Crippen molar-refractivity contribution in [3.63, 3.8) is 0 Å². The van der Waals surface area contributed by atoms with Crippen LogP contribution in [-0.4, -0.2) is 38.1 Å². The van der Waals surface area contributed by atoms with E-state index in [0.29, 0.717) is 30.3 Å². The van der Waals surface area contributed by atoms with Crippen molar-refractivity contribution < 1.29 is 9.53 Å². The first kappa shape index (κ1) is 20.3. The van der Waals surface area contributed by atoms with Crippen LogP contribution < -0.4 is 15.7 Å². The maximum absolute atomic E-state index is 12.4. The minimum Gasteiger partial charge on any atom is -0.486 e. The van der Waals surface area contributed by atoms with Crippen molar-refractivity contribution in [3.05, 3.63) is 76.2 Å². The number of amides is 1. The number of ether oxygens (including phenoxy) is 1. The fourth-order valence-corrected chi connectivity index (χ4v) is 4.26. The molecule has 1 atom stereocenters. The van der Waals surface area contributed by atoms with Crippen LogP contribution in [0.4, 0.5) is 0 Å². The van der Waals surface area contributed by atoms with Gasteiger partial charge < -0.3 is 15.0 Å². The van der Waals surface area contributed by atoms with E-state index >= 15 is 0 Å².